The van der Waals surface area contributed by atoms with Gasteiger partial charge in [-0.3, -0.25) is 4.79 Å². The lowest BCUT2D eigenvalue weighted by Crippen LogP contribution is -2.29. The van der Waals surface area contributed by atoms with E-state index in [0.717, 1.165) is 0 Å². The van der Waals surface area contributed by atoms with Crippen molar-refractivity contribution in [3.05, 3.63) is 27.7 Å². The number of primary sulfonamides is 1. The average Bonchev–Trinajstić information content (AvgIpc) is 2.70. The van der Waals surface area contributed by atoms with Gasteiger partial charge in [0.05, 0.1) is 4.90 Å². The van der Waals surface area contributed by atoms with E-state index in [1.807, 2.05) is 0 Å². The predicted molar refractivity (Wildman–Crippen MR) is 84.5 cm³/mol. The standard InChI is InChI=1S/C14H19BrN2O3S/c1-8-4-11(5-12(13(8)15)21(16,19)20)14(18)17-6-9(2)10(3)7-17/h4-5,9-10H,6-7H2,1-3H3,(H2,16,19,20). The molecule has 7 heteroatoms. The molecule has 1 aromatic carbocycles. The molecule has 5 nitrogen and oxygen atoms in total. The van der Waals surface area contributed by atoms with E-state index < -0.39 is 10.0 Å². The largest absolute Gasteiger partial charge is 0.338 e. The Morgan fingerprint density at radius 3 is 2.29 bits per heavy atom. The fourth-order valence-corrected chi connectivity index (χ4v) is 4.15. The summed E-state index contributed by atoms with van der Waals surface area (Å²) >= 11 is 3.22. The molecule has 0 aromatic heterocycles. The van der Waals surface area contributed by atoms with Crippen molar-refractivity contribution in [2.45, 2.75) is 25.7 Å². The maximum atomic E-state index is 12.6. The molecule has 0 radical (unpaired) electrons. The molecule has 21 heavy (non-hydrogen) atoms. The number of halogens is 1. The Balaban J connectivity index is 2.42. The average molecular weight is 375 g/mol. The van der Waals surface area contributed by atoms with Crippen LogP contribution in [0.2, 0.25) is 0 Å². The number of carbonyl (C=O) groups is 1. The van der Waals surface area contributed by atoms with Crippen molar-refractivity contribution in [3.8, 4) is 0 Å². The number of hydrogen-bond donors (Lipinski definition) is 1. The summed E-state index contributed by atoms with van der Waals surface area (Å²) in [7, 11) is -3.87. The molecular formula is C14H19BrN2O3S. The van der Waals surface area contributed by atoms with E-state index in [1.54, 1.807) is 17.9 Å². The molecule has 2 atom stereocenters. The van der Waals surface area contributed by atoms with Gasteiger partial charge in [-0.15, -0.1) is 0 Å². The van der Waals surface area contributed by atoms with Crippen LogP contribution in [0.1, 0.15) is 29.8 Å². The Morgan fingerprint density at radius 1 is 1.29 bits per heavy atom. The van der Waals surface area contributed by atoms with Gasteiger partial charge in [-0.1, -0.05) is 13.8 Å². The molecule has 1 amide bonds. The lowest BCUT2D eigenvalue weighted by molar-refractivity contribution is 0.0784. The second-order valence-corrected chi connectivity index (χ2v) is 8.14. The van der Waals surface area contributed by atoms with Crippen LogP contribution in [0.25, 0.3) is 0 Å². The minimum absolute atomic E-state index is 0.0499. The van der Waals surface area contributed by atoms with Crippen LogP contribution in [-0.2, 0) is 10.0 Å². The summed E-state index contributed by atoms with van der Waals surface area (Å²) in [4.78, 5) is 14.3. The lowest BCUT2D eigenvalue weighted by atomic mass is 10.0. The smallest absolute Gasteiger partial charge is 0.253 e. The van der Waals surface area contributed by atoms with E-state index in [2.05, 4.69) is 29.8 Å². The van der Waals surface area contributed by atoms with Crippen molar-refractivity contribution in [3.63, 3.8) is 0 Å². The van der Waals surface area contributed by atoms with Crippen molar-refractivity contribution in [1.29, 1.82) is 0 Å². The third-order valence-corrected chi connectivity index (χ3v) is 6.30. The van der Waals surface area contributed by atoms with Gasteiger partial charge >= 0.3 is 0 Å². The fraction of sp³-hybridized carbons (Fsp3) is 0.500. The Kier molecular flexibility index (Phi) is 4.46. The number of hydrogen-bond acceptors (Lipinski definition) is 3. The summed E-state index contributed by atoms with van der Waals surface area (Å²) in [5, 5.41) is 5.21. The highest BCUT2D eigenvalue weighted by Crippen LogP contribution is 2.29. The molecule has 2 rings (SSSR count). The van der Waals surface area contributed by atoms with Crippen molar-refractivity contribution in [1.82, 2.24) is 4.90 Å². The van der Waals surface area contributed by atoms with Crippen LogP contribution < -0.4 is 5.14 Å². The monoisotopic (exact) mass is 374 g/mol. The second kappa shape index (κ2) is 5.70. The lowest BCUT2D eigenvalue weighted by Gasteiger charge is -2.17. The fourth-order valence-electron chi connectivity index (χ4n) is 2.55. The van der Waals surface area contributed by atoms with Crippen LogP contribution in [0.5, 0.6) is 0 Å². The second-order valence-electron chi connectivity index (χ2n) is 5.81. The highest BCUT2D eigenvalue weighted by Gasteiger charge is 2.30. The molecule has 1 saturated heterocycles. The molecule has 1 aliphatic heterocycles. The zero-order valence-corrected chi connectivity index (χ0v) is 14.7. The summed E-state index contributed by atoms with van der Waals surface area (Å²) in [6.45, 7) is 7.35. The highest BCUT2D eigenvalue weighted by atomic mass is 79.9. The van der Waals surface area contributed by atoms with E-state index >= 15 is 0 Å². The summed E-state index contributed by atoms with van der Waals surface area (Å²) in [6.07, 6.45) is 0. The van der Waals surface area contributed by atoms with Crippen LogP contribution >= 0.6 is 15.9 Å². The van der Waals surface area contributed by atoms with Gasteiger partial charge in [0.25, 0.3) is 5.91 Å². The zero-order valence-electron chi connectivity index (χ0n) is 12.3. The molecule has 2 unspecified atom stereocenters. The quantitative estimate of drug-likeness (QED) is 0.860. The molecule has 1 heterocycles. The van der Waals surface area contributed by atoms with Gasteiger partial charge in [0.1, 0.15) is 0 Å². The van der Waals surface area contributed by atoms with E-state index in [9.17, 15) is 13.2 Å². The van der Waals surface area contributed by atoms with Crippen LogP contribution in [0.3, 0.4) is 0 Å². The van der Waals surface area contributed by atoms with E-state index in [4.69, 9.17) is 5.14 Å². The molecule has 116 valence electrons. The van der Waals surface area contributed by atoms with Gasteiger partial charge < -0.3 is 4.90 Å². The van der Waals surface area contributed by atoms with Gasteiger partial charge in [-0.05, 0) is 52.4 Å². The van der Waals surface area contributed by atoms with Gasteiger partial charge in [-0.2, -0.15) is 0 Å². The SMILES string of the molecule is Cc1cc(C(=O)N2CC(C)C(C)C2)cc(S(N)(=O)=O)c1Br. The molecule has 2 N–H and O–H groups in total. The molecule has 0 bridgehead atoms. The molecule has 0 saturated carbocycles. The first-order valence-electron chi connectivity index (χ1n) is 6.73. The van der Waals surface area contributed by atoms with Gasteiger partial charge in [0.15, 0.2) is 0 Å². The summed E-state index contributed by atoms with van der Waals surface area (Å²) in [5.41, 5.74) is 1.03. The third kappa shape index (κ3) is 3.30. The third-order valence-electron chi connectivity index (χ3n) is 4.05. The first-order valence-corrected chi connectivity index (χ1v) is 9.07. The summed E-state index contributed by atoms with van der Waals surface area (Å²) < 4.78 is 23.7. The van der Waals surface area contributed by atoms with Crippen LogP contribution in [0.4, 0.5) is 0 Å². The normalized spacial score (nSPS) is 22.6. The number of aryl methyl sites for hydroxylation is 1. The Hall–Kier alpha value is -0.920. The topological polar surface area (TPSA) is 80.5 Å². The molecule has 0 spiro atoms. The van der Waals surface area contributed by atoms with Crippen LogP contribution in [-0.4, -0.2) is 32.3 Å². The minimum Gasteiger partial charge on any atom is -0.338 e. The Bertz CT molecular complexity index is 678. The van der Waals surface area contributed by atoms with Gasteiger partial charge in [0, 0.05) is 23.1 Å². The van der Waals surface area contributed by atoms with E-state index in [1.165, 1.54) is 6.07 Å². The van der Waals surface area contributed by atoms with Gasteiger partial charge in [0.2, 0.25) is 10.0 Å². The first-order chi connectivity index (χ1) is 9.61. The van der Waals surface area contributed by atoms with Crippen molar-refractivity contribution in [2.24, 2.45) is 17.0 Å². The van der Waals surface area contributed by atoms with Crippen molar-refractivity contribution in [2.75, 3.05) is 13.1 Å². The number of benzene rings is 1. The van der Waals surface area contributed by atoms with Crippen molar-refractivity contribution >= 4 is 31.9 Å². The summed E-state index contributed by atoms with van der Waals surface area (Å²) in [5.74, 6) is 0.748. The Morgan fingerprint density at radius 2 is 1.81 bits per heavy atom. The number of likely N-dealkylation sites (tertiary alicyclic amines) is 1. The van der Waals surface area contributed by atoms with E-state index in [0.29, 0.717) is 40.5 Å². The number of nitrogens with two attached hydrogens (primary N) is 1. The highest BCUT2D eigenvalue weighted by molar-refractivity contribution is 9.10. The van der Waals surface area contributed by atoms with Crippen LogP contribution in [0, 0.1) is 18.8 Å². The van der Waals surface area contributed by atoms with E-state index in [-0.39, 0.29) is 10.8 Å². The Labute approximate surface area is 133 Å². The number of sulfonamides is 1. The first kappa shape index (κ1) is 16.5. The van der Waals surface area contributed by atoms with Gasteiger partial charge in [-0.25, -0.2) is 13.6 Å². The zero-order chi connectivity index (χ0) is 15.9. The summed E-state index contributed by atoms with van der Waals surface area (Å²) in [6, 6.07) is 3.04. The minimum atomic E-state index is -3.87. The molecule has 1 aliphatic rings. The number of carbonyl (C=O) groups excluding carboxylic acids is 1. The predicted octanol–water partition coefficient (Wildman–Crippen LogP) is 2.13. The van der Waals surface area contributed by atoms with Crippen molar-refractivity contribution < 1.29 is 13.2 Å². The maximum absolute atomic E-state index is 12.6. The number of nitrogens with zero attached hydrogens (tertiary/aromatic N) is 1. The maximum Gasteiger partial charge on any atom is 0.253 e. The number of amides is 1. The molecule has 0 aliphatic carbocycles. The number of rotatable bonds is 2. The van der Waals surface area contributed by atoms with Crippen LogP contribution in [0.15, 0.2) is 21.5 Å². The molecular weight excluding hydrogens is 356 g/mol. The molecule has 1 fully saturated rings. The molecule has 1 aromatic rings.